The van der Waals surface area contributed by atoms with E-state index in [0.717, 1.165) is 17.1 Å². The normalized spacial score (nSPS) is 11.4. The van der Waals surface area contributed by atoms with Gasteiger partial charge in [-0.15, -0.1) is 0 Å². The van der Waals surface area contributed by atoms with Gasteiger partial charge in [0.2, 0.25) is 5.13 Å². The van der Waals surface area contributed by atoms with E-state index < -0.39 is 18.1 Å². The van der Waals surface area contributed by atoms with E-state index in [1.807, 2.05) is 0 Å². The maximum atomic E-state index is 12.8. The molecule has 0 fully saturated rings. The van der Waals surface area contributed by atoms with Crippen molar-refractivity contribution in [2.45, 2.75) is 26.5 Å². The Hall–Kier alpha value is -3.70. The molecular formula is C22H24N4O6S. The zero-order chi connectivity index (χ0) is 23.8. The summed E-state index contributed by atoms with van der Waals surface area (Å²) in [5.74, 6) is 1.43. The summed E-state index contributed by atoms with van der Waals surface area (Å²) in [5.41, 5.74) is 1.15. The van der Waals surface area contributed by atoms with Crippen LogP contribution >= 0.6 is 11.5 Å². The highest BCUT2D eigenvalue weighted by molar-refractivity contribution is 7.09. The van der Waals surface area contributed by atoms with E-state index in [-0.39, 0.29) is 6.61 Å². The molecule has 0 bridgehead atoms. The molecule has 33 heavy (non-hydrogen) atoms. The van der Waals surface area contributed by atoms with Gasteiger partial charge in [0.05, 0.1) is 13.7 Å². The van der Waals surface area contributed by atoms with Gasteiger partial charge in [-0.1, -0.05) is 12.1 Å². The molecule has 0 aliphatic rings. The average Bonchev–Trinajstić information content (AvgIpc) is 3.22. The van der Waals surface area contributed by atoms with E-state index >= 15 is 0 Å². The first-order valence-corrected chi connectivity index (χ1v) is 10.8. The molecule has 0 spiro atoms. The predicted molar refractivity (Wildman–Crippen MR) is 122 cm³/mol. The van der Waals surface area contributed by atoms with Crippen LogP contribution in [0.1, 0.15) is 28.7 Å². The quantitative estimate of drug-likeness (QED) is 0.431. The predicted octanol–water partition coefficient (Wildman–Crippen LogP) is 3.51. The Kier molecular flexibility index (Phi) is 8.17. The van der Waals surface area contributed by atoms with Crippen LogP contribution in [0.25, 0.3) is 0 Å². The summed E-state index contributed by atoms with van der Waals surface area (Å²) in [6, 6.07) is 11.8. The highest BCUT2D eigenvalue weighted by atomic mass is 32.1. The Morgan fingerprint density at radius 2 is 1.85 bits per heavy atom. The molecule has 11 heteroatoms. The largest absolute Gasteiger partial charge is 0.488 e. The summed E-state index contributed by atoms with van der Waals surface area (Å²) in [4.78, 5) is 28.1. The second kappa shape index (κ2) is 11.2. The minimum absolute atomic E-state index is 0.183. The first-order valence-electron chi connectivity index (χ1n) is 9.99. The third kappa shape index (κ3) is 7.16. The van der Waals surface area contributed by atoms with Crippen LogP contribution in [0.15, 0.2) is 42.5 Å². The number of ether oxygens (including phenoxy) is 3. The number of nitrogens with one attached hydrogen (secondary N) is 2. The Labute approximate surface area is 194 Å². The number of rotatable bonds is 9. The molecule has 0 aliphatic carbocycles. The molecule has 3 aromatic rings. The lowest BCUT2D eigenvalue weighted by Gasteiger charge is -2.15. The lowest BCUT2D eigenvalue weighted by Crippen LogP contribution is -2.22. The zero-order valence-electron chi connectivity index (χ0n) is 18.3. The number of aliphatic hydroxyl groups is 1. The summed E-state index contributed by atoms with van der Waals surface area (Å²) < 4.78 is 20.2. The number of methoxy groups -OCH3 is 1. The van der Waals surface area contributed by atoms with E-state index in [2.05, 4.69) is 24.7 Å². The van der Waals surface area contributed by atoms with Crippen molar-refractivity contribution in [3.05, 3.63) is 59.4 Å². The summed E-state index contributed by atoms with van der Waals surface area (Å²) >= 11 is 1.08. The van der Waals surface area contributed by atoms with Crippen LogP contribution in [0.2, 0.25) is 0 Å². The van der Waals surface area contributed by atoms with E-state index in [0.29, 0.717) is 40.3 Å². The fourth-order valence-corrected chi connectivity index (χ4v) is 3.25. The van der Waals surface area contributed by atoms with Crippen molar-refractivity contribution in [3.63, 3.8) is 0 Å². The monoisotopic (exact) mass is 472 g/mol. The molecule has 0 unspecified atom stereocenters. The van der Waals surface area contributed by atoms with Crippen molar-refractivity contribution in [3.8, 4) is 17.2 Å². The van der Waals surface area contributed by atoms with E-state index in [4.69, 9.17) is 9.47 Å². The number of benzene rings is 2. The Morgan fingerprint density at radius 3 is 2.48 bits per heavy atom. The van der Waals surface area contributed by atoms with Crippen LogP contribution in [0.3, 0.4) is 0 Å². The molecule has 0 aliphatic heterocycles. The van der Waals surface area contributed by atoms with Crippen molar-refractivity contribution in [2.75, 3.05) is 19.0 Å². The van der Waals surface area contributed by atoms with Crippen LogP contribution in [-0.4, -0.2) is 46.3 Å². The number of anilines is 1. The van der Waals surface area contributed by atoms with E-state index in [9.17, 15) is 14.7 Å². The zero-order valence-corrected chi connectivity index (χ0v) is 19.1. The van der Waals surface area contributed by atoms with Crippen molar-refractivity contribution in [2.24, 2.45) is 0 Å². The summed E-state index contributed by atoms with van der Waals surface area (Å²) in [6.45, 7) is 3.57. The van der Waals surface area contributed by atoms with Crippen molar-refractivity contribution >= 4 is 28.7 Å². The first-order chi connectivity index (χ1) is 15.9. The van der Waals surface area contributed by atoms with Gasteiger partial charge in [-0.25, -0.2) is 9.78 Å². The minimum atomic E-state index is -0.515. The Balaban J connectivity index is 1.78. The van der Waals surface area contributed by atoms with Crippen LogP contribution in [0, 0.1) is 6.92 Å². The van der Waals surface area contributed by atoms with Gasteiger partial charge in [-0.05, 0) is 43.7 Å². The van der Waals surface area contributed by atoms with E-state index in [1.165, 1.54) is 7.11 Å². The van der Waals surface area contributed by atoms with Crippen LogP contribution in [-0.2, 0) is 11.3 Å². The lowest BCUT2D eigenvalue weighted by molar-refractivity contribution is 0.102. The number of alkyl carbamates (subject to hydrolysis) is 1. The molecule has 10 nitrogen and oxygen atoms in total. The van der Waals surface area contributed by atoms with Gasteiger partial charge in [0.25, 0.3) is 5.91 Å². The molecule has 2 amide bonds. The number of aryl methyl sites for hydroxylation is 1. The third-order valence-electron chi connectivity index (χ3n) is 4.27. The number of amides is 2. The average molecular weight is 473 g/mol. The molecule has 1 heterocycles. The van der Waals surface area contributed by atoms with Gasteiger partial charge in [-0.2, -0.15) is 4.37 Å². The van der Waals surface area contributed by atoms with E-state index in [1.54, 1.807) is 56.3 Å². The Bertz CT molecular complexity index is 1100. The van der Waals surface area contributed by atoms with Gasteiger partial charge < -0.3 is 24.6 Å². The number of carbonyl (C=O) groups excluding carboxylic acids is 2. The third-order valence-corrected chi connectivity index (χ3v) is 4.99. The van der Waals surface area contributed by atoms with Crippen molar-refractivity contribution in [1.82, 2.24) is 14.7 Å². The highest BCUT2D eigenvalue weighted by Gasteiger charge is 2.14. The second-order valence-electron chi connectivity index (χ2n) is 7.00. The second-order valence-corrected chi connectivity index (χ2v) is 7.75. The highest BCUT2D eigenvalue weighted by Crippen LogP contribution is 2.29. The number of hydrogen-bond acceptors (Lipinski definition) is 9. The van der Waals surface area contributed by atoms with Gasteiger partial charge >= 0.3 is 6.09 Å². The Morgan fingerprint density at radius 1 is 1.12 bits per heavy atom. The molecule has 1 aromatic heterocycles. The molecule has 3 rings (SSSR count). The number of carbonyl (C=O) groups is 2. The van der Waals surface area contributed by atoms with Gasteiger partial charge in [-0.3, -0.25) is 10.1 Å². The van der Waals surface area contributed by atoms with Crippen LogP contribution in [0.5, 0.6) is 17.2 Å². The number of nitrogens with zero attached hydrogens (tertiary/aromatic N) is 2. The van der Waals surface area contributed by atoms with Crippen molar-refractivity contribution in [1.29, 1.82) is 0 Å². The SMILES string of the molecule is COC(=O)NCc1ccc(Oc2cc(O[C@@H](C)CO)cc(C(=O)Nc3nc(C)ns3)c2)cc1. The van der Waals surface area contributed by atoms with Crippen molar-refractivity contribution < 1.29 is 28.9 Å². The van der Waals surface area contributed by atoms with Gasteiger partial charge in [0, 0.05) is 29.7 Å². The standard InChI is InChI=1S/C22H24N4O6S/c1-13(12-27)31-18-8-16(20(28)25-21-24-14(2)26-33-21)9-19(10-18)32-17-6-4-15(5-7-17)11-23-22(29)30-3/h4-10,13,27H,11-12H2,1-3H3,(H,23,29)(H,24,25,26,28)/t13-/m0/s1. The molecule has 0 saturated carbocycles. The molecule has 0 radical (unpaired) electrons. The maximum Gasteiger partial charge on any atom is 0.407 e. The van der Waals surface area contributed by atoms with Crippen LogP contribution in [0.4, 0.5) is 9.93 Å². The van der Waals surface area contributed by atoms with Gasteiger partial charge in [0.15, 0.2) is 0 Å². The fraction of sp³-hybridized carbons (Fsp3) is 0.273. The smallest absolute Gasteiger partial charge is 0.407 e. The fourth-order valence-electron chi connectivity index (χ4n) is 2.67. The molecule has 1 atom stereocenters. The maximum absolute atomic E-state index is 12.8. The molecule has 3 N–H and O–H groups in total. The van der Waals surface area contributed by atoms with Crippen LogP contribution < -0.4 is 20.1 Å². The molecule has 174 valence electrons. The number of aromatic nitrogens is 2. The lowest BCUT2D eigenvalue weighted by atomic mass is 10.1. The van der Waals surface area contributed by atoms with Gasteiger partial charge in [0.1, 0.15) is 29.2 Å². The number of hydrogen-bond donors (Lipinski definition) is 3. The first kappa shape index (κ1) is 24.0. The topological polar surface area (TPSA) is 132 Å². The summed E-state index contributed by atoms with van der Waals surface area (Å²) in [6.07, 6.45) is -0.984. The summed E-state index contributed by atoms with van der Waals surface area (Å²) in [7, 11) is 1.30. The molecule has 2 aromatic carbocycles. The molecule has 0 saturated heterocycles. The number of aliphatic hydroxyl groups excluding tert-OH is 1. The molecular weight excluding hydrogens is 448 g/mol. The summed E-state index contributed by atoms with van der Waals surface area (Å²) in [5, 5.41) is 15.0. The minimum Gasteiger partial charge on any atom is -0.488 e.